The summed E-state index contributed by atoms with van der Waals surface area (Å²) >= 11 is 0. The van der Waals surface area contributed by atoms with Gasteiger partial charge in [-0.25, -0.2) is 4.98 Å². The number of nitrogens with two attached hydrogens (primary N) is 1. The van der Waals surface area contributed by atoms with Gasteiger partial charge in [0.25, 0.3) is 0 Å². The fourth-order valence-corrected chi connectivity index (χ4v) is 0.217. The van der Waals surface area contributed by atoms with E-state index in [0.29, 0.717) is 0 Å². The molecular formula is C2H5N4Na. The molecule has 1 aromatic rings. The van der Waals surface area contributed by atoms with Crippen molar-refractivity contribution in [2.75, 3.05) is 5.84 Å². The zero-order chi connectivity index (χ0) is 4.41. The van der Waals surface area contributed by atoms with Gasteiger partial charge in [-0.2, -0.15) is 4.79 Å². The van der Waals surface area contributed by atoms with E-state index >= 15 is 0 Å². The number of hydrogen-bond acceptors (Lipinski definition) is 3. The first kappa shape index (κ1) is 6.94. The van der Waals surface area contributed by atoms with Crippen LogP contribution in [-0.2, 0) is 0 Å². The van der Waals surface area contributed by atoms with E-state index in [2.05, 4.69) is 10.1 Å². The Hall–Kier alpha value is -0.0600. The first-order chi connectivity index (χ1) is 2.89. The third kappa shape index (κ3) is 1.91. The van der Waals surface area contributed by atoms with Gasteiger partial charge < -0.3 is 5.84 Å². The van der Waals surface area contributed by atoms with Crippen LogP contribution in [0.2, 0.25) is 0 Å². The van der Waals surface area contributed by atoms with Crippen molar-refractivity contribution >= 4 is 29.6 Å². The molecule has 5 heteroatoms. The van der Waals surface area contributed by atoms with Gasteiger partial charge in [0.05, 0.1) is 0 Å². The second-order valence-electron chi connectivity index (χ2n) is 0.875. The quantitative estimate of drug-likeness (QED) is 0.320. The van der Waals surface area contributed by atoms with Crippen LogP contribution in [0.25, 0.3) is 0 Å². The molecular weight excluding hydrogens is 103 g/mol. The standard InChI is InChI=1S/C2H4N4.Na.H/c3-6-2-4-1-5-6;;/h1-2H,3H2;;. The van der Waals surface area contributed by atoms with Crippen molar-refractivity contribution in [1.82, 2.24) is 14.9 Å². The maximum atomic E-state index is 5.02. The molecule has 34 valence electrons. The molecule has 0 aliphatic carbocycles. The van der Waals surface area contributed by atoms with Crippen LogP contribution in [-0.4, -0.2) is 44.4 Å². The number of rotatable bonds is 0. The molecule has 1 heterocycles. The first-order valence-electron chi connectivity index (χ1n) is 1.49. The predicted molar refractivity (Wildman–Crippen MR) is 27.3 cm³/mol. The zero-order valence-corrected chi connectivity index (χ0v) is 3.07. The van der Waals surface area contributed by atoms with E-state index in [1.54, 1.807) is 0 Å². The van der Waals surface area contributed by atoms with Crippen molar-refractivity contribution in [2.45, 2.75) is 0 Å². The molecule has 0 bridgehead atoms. The first-order valence-corrected chi connectivity index (χ1v) is 1.49. The minimum absolute atomic E-state index is 0. The molecule has 0 aromatic carbocycles. The van der Waals surface area contributed by atoms with Crippen LogP contribution in [0.15, 0.2) is 12.7 Å². The van der Waals surface area contributed by atoms with Crippen LogP contribution in [0.1, 0.15) is 0 Å². The molecule has 0 aliphatic heterocycles. The van der Waals surface area contributed by atoms with Crippen LogP contribution in [0.4, 0.5) is 0 Å². The molecule has 2 N–H and O–H groups in total. The fraction of sp³-hybridized carbons (Fsp3) is 0. The van der Waals surface area contributed by atoms with Gasteiger partial charge in [0.2, 0.25) is 0 Å². The minimum atomic E-state index is 0. The van der Waals surface area contributed by atoms with Crippen molar-refractivity contribution in [2.24, 2.45) is 0 Å². The van der Waals surface area contributed by atoms with E-state index in [1.807, 2.05) is 0 Å². The molecule has 0 fully saturated rings. The second-order valence-corrected chi connectivity index (χ2v) is 0.875. The predicted octanol–water partition coefficient (Wildman–Crippen LogP) is -1.66. The van der Waals surface area contributed by atoms with Gasteiger partial charge in [0, 0.05) is 0 Å². The maximum absolute atomic E-state index is 5.02. The Morgan fingerprint density at radius 1 is 1.57 bits per heavy atom. The monoisotopic (exact) mass is 108 g/mol. The van der Waals surface area contributed by atoms with E-state index in [0.717, 1.165) is 4.79 Å². The van der Waals surface area contributed by atoms with Gasteiger partial charge in [0.1, 0.15) is 12.7 Å². The van der Waals surface area contributed by atoms with Crippen LogP contribution in [0.3, 0.4) is 0 Å². The Bertz CT molecular complexity index is 113. The molecule has 0 radical (unpaired) electrons. The van der Waals surface area contributed by atoms with E-state index in [1.165, 1.54) is 12.7 Å². The molecule has 0 saturated carbocycles. The van der Waals surface area contributed by atoms with Gasteiger partial charge in [-0.05, 0) is 0 Å². The van der Waals surface area contributed by atoms with Gasteiger partial charge in [-0.15, -0.1) is 5.10 Å². The Morgan fingerprint density at radius 2 is 2.29 bits per heavy atom. The van der Waals surface area contributed by atoms with Gasteiger partial charge in [0.15, 0.2) is 0 Å². The van der Waals surface area contributed by atoms with Gasteiger partial charge in [-0.3, -0.25) is 0 Å². The Morgan fingerprint density at radius 3 is 2.43 bits per heavy atom. The number of nitrogen functional groups attached to an aromatic ring is 1. The molecule has 4 nitrogen and oxygen atoms in total. The summed E-state index contributed by atoms with van der Waals surface area (Å²) in [5.74, 6) is 5.02. The topological polar surface area (TPSA) is 56.7 Å². The zero-order valence-electron chi connectivity index (χ0n) is 3.07. The molecule has 1 rings (SSSR count). The Balaban J connectivity index is 0.000000360. The summed E-state index contributed by atoms with van der Waals surface area (Å²) in [5.41, 5.74) is 0. The van der Waals surface area contributed by atoms with E-state index in [-0.39, 0.29) is 29.6 Å². The van der Waals surface area contributed by atoms with E-state index in [4.69, 9.17) is 5.84 Å². The Labute approximate surface area is 63.0 Å². The molecule has 0 unspecified atom stereocenters. The average Bonchev–Trinajstić information content (AvgIpc) is 1.86. The summed E-state index contributed by atoms with van der Waals surface area (Å²) in [5, 5.41) is 3.50. The van der Waals surface area contributed by atoms with Crippen LogP contribution in [0, 0.1) is 0 Å². The van der Waals surface area contributed by atoms with Crippen molar-refractivity contribution in [3.8, 4) is 0 Å². The summed E-state index contributed by atoms with van der Waals surface area (Å²) in [6.07, 6.45) is 2.79. The summed E-state index contributed by atoms with van der Waals surface area (Å²) < 4.78 is 0. The average molecular weight is 108 g/mol. The van der Waals surface area contributed by atoms with E-state index < -0.39 is 0 Å². The summed E-state index contributed by atoms with van der Waals surface area (Å²) in [7, 11) is 0. The summed E-state index contributed by atoms with van der Waals surface area (Å²) in [6, 6.07) is 0. The van der Waals surface area contributed by atoms with Crippen molar-refractivity contribution < 1.29 is 0 Å². The van der Waals surface area contributed by atoms with Crippen molar-refractivity contribution in [1.29, 1.82) is 0 Å². The number of hydrogen-bond donors (Lipinski definition) is 1. The normalized spacial score (nSPS) is 7.43. The van der Waals surface area contributed by atoms with Crippen LogP contribution >= 0.6 is 0 Å². The van der Waals surface area contributed by atoms with Gasteiger partial charge >= 0.3 is 29.6 Å². The molecule has 1 aromatic heterocycles. The van der Waals surface area contributed by atoms with Crippen molar-refractivity contribution in [3.05, 3.63) is 12.7 Å². The summed E-state index contributed by atoms with van der Waals surface area (Å²) in [6.45, 7) is 0. The van der Waals surface area contributed by atoms with Crippen LogP contribution < -0.4 is 5.84 Å². The van der Waals surface area contributed by atoms with Gasteiger partial charge in [-0.1, -0.05) is 0 Å². The molecule has 0 atom stereocenters. The number of nitrogens with zero attached hydrogens (tertiary/aromatic N) is 3. The third-order valence-electron chi connectivity index (χ3n) is 0.437. The van der Waals surface area contributed by atoms with E-state index in [9.17, 15) is 0 Å². The summed E-state index contributed by atoms with van der Waals surface area (Å²) in [4.78, 5) is 4.69. The SMILES string of the molecule is Nn1cncn1.[NaH]. The molecule has 0 spiro atoms. The second kappa shape index (κ2) is 3.01. The molecule has 0 aliphatic rings. The third-order valence-corrected chi connectivity index (χ3v) is 0.437. The molecule has 0 amide bonds. The Kier molecular flexibility index (Phi) is 2.98. The van der Waals surface area contributed by atoms with Crippen molar-refractivity contribution in [3.63, 3.8) is 0 Å². The fourth-order valence-electron chi connectivity index (χ4n) is 0.217. The molecule has 0 saturated heterocycles. The van der Waals surface area contributed by atoms with Crippen LogP contribution in [0.5, 0.6) is 0 Å². The number of aromatic nitrogens is 3. The molecule has 7 heavy (non-hydrogen) atoms.